The molecule has 0 fully saturated rings. The van der Waals surface area contributed by atoms with Gasteiger partial charge in [0.25, 0.3) is 5.91 Å². The van der Waals surface area contributed by atoms with Gasteiger partial charge in [-0.3, -0.25) is 4.79 Å². The van der Waals surface area contributed by atoms with Crippen molar-refractivity contribution in [1.29, 1.82) is 0 Å². The molecule has 0 unspecified atom stereocenters. The number of carbonyl (C=O) groups excluding carboxylic acids is 1. The van der Waals surface area contributed by atoms with Crippen LogP contribution < -0.4 is 0 Å². The second kappa shape index (κ2) is 7.07. The van der Waals surface area contributed by atoms with Gasteiger partial charge in [0.15, 0.2) is 0 Å². The summed E-state index contributed by atoms with van der Waals surface area (Å²) in [5.41, 5.74) is 1.78. The van der Waals surface area contributed by atoms with Gasteiger partial charge in [0.1, 0.15) is 22.8 Å². The Balaban J connectivity index is 1.89. The summed E-state index contributed by atoms with van der Waals surface area (Å²) in [6.45, 7) is 4.64. The molecule has 0 saturated carbocycles. The van der Waals surface area contributed by atoms with Crippen molar-refractivity contribution in [2.75, 3.05) is 7.05 Å². The normalized spacial score (nSPS) is 11.0. The van der Waals surface area contributed by atoms with Gasteiger partial charge in [-0.05, 0) is 31.5 Å². The number of furan rings is 1. The smallest absolute Gasteiger partial charge is 0.339 e. The Morgan fingerprint density at radius 2 is 1.96 bits per heavy atom. The highest BCUT2D eigenvalue weighted by Gasteiger charge is 2.21. The van der Waals surface area contributed by atoms with E-state index < -0.39 is 5.97 Å². The van der Waals surface area contributed by atoms with Crippen LogP contribution in [0.3, 0.4) is 0 Å². The Morgan fingerprint density at radius 1 is 1.23 bits per heavy atom. The highest BCUT2D eigenvalue weighted by Crippen LogP contribution is 2.22. The molecule has 3 aromatic rings. The number of amides is 1. The van der Waals surface area contributed by atoms with Crippen molar-refractivity contribution >= 4 is 22.8 Å². The number of hydrogen-bond acceptors (Lipinski definition) is 3. The van der Waals surface area contributed by atoms with E-state index in [0.717, 1.165) is 23.9 Å². The number of rotatable bonds is 6. The molecule has 0 bridgehead atoms. The van der Waals surface area contributed by atoms with Gasteiger partial charge in [0.2, 0.25) is 0 Å². The van der Waals surface area contributed by atoms with E-state index in [1.807, 2.05) is 34.9 Å². The maximum absolute atomic E-state index is 13.0. The van der Waals surface area contributed by atoms with Crippen molar-refractivity contribution in [2.45, 2.75) is 33.4 Å². The van der Waals surface area contributed by atoms with Gasteiger partial charge in [-0.25, -0.2) is 4.79 Å². The number of para-hydroxylation sites is 1. The minimum atomic E-state index is -1.03. The second-order valence-corrected chi connectivity index (χ2v) is 6.39. The van der Waals surface area contributed by atoms with Crippen molar-refractivity contribution in [2.24, 2.45) is 0 Å². The van der Waals surface area contributed by atoms with E-state index >= 15 is 0 Å². The number of carboxylic acid groups (broad SMARTS) is 1. The van der Waals surface area contributed by atoms with E-state index in [2.05, 4.69) is 6.92 Å². The number of benzene rings is 1. The number of aryl methyl sites for hydroxylation is 2. The van der Waals surface area contributed by atoms with Crippen LogP contribution in [0, 0.1) is 6.92 Å². The van der Waals surface area contributed by atoms with E-state index in [1.165, 1.54) is 6.07 Å². The summed E-state index contributed by atoms with van der Waals surface area (Å²) in [6.07, 6.45) is 0.919. The van der Waals surface area contributed by atoms with E-state index in [4.69, 9.17) is 9.52 Å². The molecule has 0 atom stereocenters. The lowest BCUT2D eigenvalue weighted by Gasteiger charge is -2.17. The van der Waals surface area contributed by atoms with E-state index in [1.54, 1.807) is 18.9 Å². The Bertz CT molecular complexity index is 968. The zero-order valence-electron chi connectivity index (χ0n) is 15.2. The molecule has 0 aliphatic rings. The lowest BCUT2D eigenvalue weighted by molar-refractivity contribution is 0.0694. The first kappa shape index (κ1) is 17.8. The van der Waals surface area contributed by atoms with E-state index in [9.17, 15) is 9.59 Å². The average Bonchev–Trinajstić information content (AvgIpc) is 3.15. The third-order valence-corrected chi connectivity index (χ3v) is 4.42. The molecule has 0 spiro atoms. The Morgan fingerprint density at radius 3 is 2.62 bits per heavy atom. The molecule has 2 heterocycles. The molecule has 136 valence electrons. The van der Waals surface area contributed by atoms with Crippen molar-refractivity contribution in [3.05, 3.63) is 59.2 Å². The molecule has 0 radical (unpaired) electrons. The van der Waals surface area contributed by atoms with Gasteiger partial charge in [-0.1, -0.05) is 25.1 Å². The monoisotopic (exact) mass is 354 g/mol. The third-order valence-electron chi connectivity index (χ3n) is 4.42. The predicted octanol–water partition coefficient (Wildman–Crippen LogP) is 3.92. The van der Waals surface area contributed by atoms with Crippen molar-refractivity contribution in [3.63, 3.8) is 0 Å². The standard InChI is InChI=1S/C20H22N2O4/c1-4-9-22-17-8-6-5-7-14(17)10-18(22)19(23)21(3)12-15-11-16(20(24)25)13(2)26-15/h5-8,10-11H,4,9,12H2,1-3H3,(H,24,25). The number of carbonyl (C=O) groups is 2. The summed E-state index contributed by atoms with van der Waals surface area (Å²) < 4.78 is 7.52. The lowest BCUT2D eigenvalue weighted by Crippen LogP contribution is -2.28. The van der Waals surface area contributed by atoms with Gasteiger partial charge in [0, 0.05) is 24.5 Å². The van der Waals surface area contributed by atoms with Crippen LogP contribution >= 0.6 is 0 Å². The van der Waals surface area contributed by atoms with E-state index in [0.29, 0.717) is 17.2 Å². The summed E-state index contributed by atoms with van der Waals surface area (Å²) in [5, 5.41) is 10.2. The number of nitrogens with zero attached hydrogens (tertiary/aromatic N) is 2. The fraction of sp³-hybridized carbons (Fsp3) is 0.300. The first-order valence-electron chi connectivity index (χ1n) is 8.58. The molecule has 0 aliphatic heterocycles. The zero-order valence-corrected chi connectivity index (χ0v) is 15.2. The number of carboxylic acids is 1. The second-order valence-electron chi connectivity index (χ2n) is 6.39. The molecule has 6 heteroatoms. The molecule has 6 nitrogen and oxygen atoms in total. The molecular formula is C20H22N2O4. The van der Waals surface area contributed by atoms with Crippen LogP contribution in [0.2, 0.25) is 0 Å². The van der Waals surface area contributed by atoms with Crippen LogP contribution in [0.1, 0.15) is 45.7 Å². The first-order valence-corrected chi connectivity index (χ1v) is 8.58. The molecule has 0 aliphatic carbocycles. The molecule has 1 N–H and O–H groups in total. The summed E-state index contributed by atoms with van der Waals surface area (Å²) in [5.74, 6) is -0.363. The fourth-order valence-electron chi connectivity index (χ4n) is 3.19. The number of hydrogen-bond donors (Lipinski definition) is 1. The number of aromatic carboxylic acids is 1. The topological polar surface area (TPSA) is 75.7 Å². The molecule has 3 rings (SSSR count). The van der Waals surface area contributed by atoms with Crippen molar-refractivity contribution in [3.8, 4) is 0 Å². The molecule has 0 saturated heterocycles. The predicted molar refractivity (Wildman–Crippen MR) is 98.4 cm³/mol. The molecule has 26 heavy (non-hydrogen) atoms. The van der Waals surface area contributed by atoms with Gasteiger partial charge in [-0.2, -0.15) is 0 Å². The molecule has 2 aromatic heterocycles. The molecule has 1 aromatic carbocycles. The Labute approximate surface area is 151 Å². The third kappa shape index (κ3) is 3.22. The van der Waals surface area contributed by atoms with Crippen LogP contribution in [0.4, 0.5) is 0 Å². The summed E-state index contributed by atoms with van der Waals surface area (Å²) >= 11 is 0. The van der Waals surface area contributed by atoms with Gasteiger partial charge in [-0.15, -0.1) is 0 Å². The van der Waals surface area contributed by atoms with Crippen LogP contribution in [0.15, 0.2) is 40.8 Å². The molecular weight excluding hydrogens is 332 g/mol. The highest BCUT2D eigenvalue weighted by atomic mass is 16.4. The van der Waals surface area contributed by atoms with E-state index in [-0.39, 0.29) is 18.0 Å². The largest absolute Gasteiger partial charge is 0.478 e. The number of fused-ring (bicyclic) bond motifs is 1. The van der Waals surface area contributed by atoms with Crippen LogP contribution in [0.25, 0.3) is 10.9 Å². The average molecular weight is 354 g/mol. The van der Waals surface area contributed by atoms with Crippen molar-refractivity contribution < 1.29 is 19.1 Å². The van der Waals surface area contributed by atoms with Crippen LogP contribution in [-0.4, -0.2) is 33.5 Å². The fourth-order valence-corrected chi connectivity index (χ4v) is 3.19. The minimum absolute atomic E-state index is 0.124. The van der Waals surface area contributed by atoms with Gasteiger partial charge in [0.05, 0.1) is 6.54 Å². The maximum Gasteiger partial charge on any atom is 0.339 e. The SMILES string of the molecule is CCCn1c(C(=O)N(C)Cc2cc(C(=O)O)c(C)o2)cc2ccccc21. The minimum Gasteiger partial charge on any atom is -0.478 e. The van der Waals surface area contributed by atoms with Crippen molar-refractivity contribution in [1.82, 2.24) is 9.47 Å². The Kier molecular flexibility index (Phi) is 4.84. The molecule has 1 amide bonds. The quantitative estimate of drug-likeness (QED) is 0.728. The van der Waals surface area contributed by atoms with Crippen LogP contribution in [0.5, 0.6) is 0 Å². The maximum atomic E-state index is 13.0. The van der Waals surface area contributed by atoms with Gasteiger partial charge >= 0.3 is 5.97 Å². The number of aromatic nitrogens is 1. The zero-order chi connectivity index (χ0) is 18.8. The first-order chi connectivity index (χ1) is 12.4. The van der Waals surface area contributed by atoms with Crippen LogP contribution in [-0.2, 0) is 13.1 Å². The lowest BCUT2D eigenvalue weighted by atomic mass is 10.2. The highest BCUT2D eigenvalue weighted by molar-refractivity contribution is 5.98. The Hall–Kier alpha value is -3.02. The summed E-state index contributed by atoms with van der Waals surface area (Å²) in [6, 6.07) is 11.3. The van der Waals surface area contributed by atoms with Gasteiger partial charge < -0.3 is 19.0 Å². The summed E-state index contributed by atoms with van der Waals surface area (Å²) in [7, 11) is 1.69. The summed E-state index contributed by atoms with van der Waals surface area (Å²) in [4.78, 5) is 25.7.